The van der Waals surface area contributed by atoms with Crippen molar-refractivity contribution in [2.45, 2.75) is 6.67 Å². The zero-order valence-electron chi connectivity index (χ0n) is 21.7. The van der Waals surface area contributed by atoms with Crippen molar-refractivity contribution in [3.63, 3.8) is 0 Å². The summed E-state index contributed by atoms with van der Waals surface area (Å²) in [7, 11) is 0. The fourth-order valence-corrected chi connectivity index (χ4v) is 5.12. The van der Waals surface area contributed by atoms with Gasteiger partial charge >= 0.3 is 0 Å². The molecule has 0 amide bonds. The van der Waals surface area contributed by atoms with Crippen LogP contribution in [0.3, 0.4) is 0 Å². The zero-order valence-corrected chi connectivity index (χ0v) is 21.7. The van der Waals surface area contributed by atoms with Crippen molar-refractivity contribution in [3.05, 3.63) is 158 Å². The Balaban J connectivity index is 1.30. The molecule has 0 radical (unpaired) electrons. The van der Waals surface area contributed by atoms with E-state index in [4.69, 9.17) is 4.99 Å². The summed E-state index contributed by atoms with van der Waals surface area (Å²) in [5.74, 6) is 0. The molecule has 0 fully saturated rings. The van der Waals surface area contributed by atoms with Gasteiger partial charge in [-0.25, -0.2) is 0 Å². The van der Waals surface area contributed by atoms with Crippen molar-refractivity contribution < 1.29 is 0 Å². The molecule has 39 heavy (non-hydrogen) atoms. The van der Waals surface area contributed by atoms with E-state index in [2.05, 4.69) is 137 Å². The highest BCUT2D eigenvalue weighted by Crippen LogP contribution is 2.34. The minimum Gasteiger partial charge on any atom is -0.320 e. The molecule has 0 unspecified atom stereocenters. The average Bonchev–Trinajstić information content (AvgIpc) is 3.32. The molecule has 0 saturated carbocycles. The van der Waals surface area contributed by atoms with Gasteiger partial charge in [-0.2, -0.15) is 0 Å². The van der Waals surface area contributed by atoms with Crippen LogP contribution in [0.1, 0.15) is 5.56 Å². The second-order valence-electron chi connectivity index (χ2n) is 9.33. The zero-order chi connectivity index (χ0) is 26.4. The average molecular weight is 504 g/mol. The van der Waals surface area contributed by atoms with E-state index in [1.165, 1.54) is 21.8 Å². The number of nitrogens with zero attached hydrogens (tertiary/aromatic N) is 3. The number of allylic oxidation sites excluding steroid dienone is 3. The van der Waals surface area contributed by atoms with Gasteiger partial charge in [0.25, 0.3) is 0 Å². The van der Waals surface area contributed by atoms with Crippen LogP contribution in [0.4, 0.5) is 17.1 Å². The molecule has 0 N–H and O–H groups in total. The lowest BCUT2D eigenvalue weighted by atomic mass is 10.1. The number of aromatic nitrogens is 1. The number of anilines is 3. The van der Waals surface area contributed by atoms with Crippen LogP contribution < -0.4 is 4.90 Å². The molecule has 1 aromatic heterocycles. The number of hydrogen-bond donors (Lipinski definition) is 0. The summed E-state index contributed by atoms with van der Waals surface area (Å²) in [6, 6.07) is 46.5. The van der Waals surface area contributed by atoms with E-state index in [-0.39, 0.29) is 0 Å². The third-order valence-corrected chi connectivity index (χ3v) is 6.92. The molecule has 0 saturated heterocycles. The highest BCUT2D eigenvalue weighted by molar-refractivity contribution is 6.11. The first-order valence-corrected chi connectivity index (χ1v) is 13.1. The highest BCUT2D eigenvalue weighted by Gasteiger charge is 2.12. The molecular formula is C36H29N3. The molecule has 188 valence electrons. The Morgan fingerprint density at radius 1 is 0.615 bits per heavy atom. The van der Waals surface area contributed by atoms with E-state index < -0.39 is 0 Å². The topological polar surface area (TPSA) is 20.5 Å². The Bertz CT molecular complexity index is 1680. The lowest BCUT2D eigenvalue weighted by molar-refractivity contribution is 0.797. The lowest BCUT2D eigenvalue weighted by Gasteiger charge is -2.25. The van der Waals surface area contributed by atoms with Crippen LogP contribution in [0, 0.1) is 0 Å². The van der Waals surface area contributed by atoms with Crippen LogP contribution in [-0.4, -0.2) is 10.8 Å². The smallest absolute Gasteiger partial charge is 0.114 e. The second kappa shape index (κ2) is 11.1. The van der Waals surface area contributed by atoms with Crippen molar-refractivity contribution in [3.8, 4) is 0 Å². The molecule has 5 aromatic carbocycles. The van der Waals surface area contributed by atoms with Gasteiger partial charge in [-0.05, 0) is 59.7 Å². The first-order chi connectivity index (χ1) is 19.3. The minimum absolute atomic E-state index is 0.538. The molecule has 0 spiro atoms. The predicted octanol–water partition coefficient (Wildman–Crippen LogP) is 9.56. The quantitative estimate of drug-likeness (QED) is 0.150. The maximum absolute atomic E-state index is 4.87. The van der Waals surface area contributed by atoms with E-state index >= 15 is 0 Å². The van der Waals surface area contributed by atoms with E-state index in [0.29, 0.717) is 6.67 Å². The molecule has 1 heterocycles. The Morgan fingerprint density at radius 2 is 1.10 bits per heavy atom. The van der Waals surface area contributed by atoms with Crippen LogP contribution in [0.2, 0.25) is 0 Å². The van der Waals surface area contributed by atoms with E-state index in [1.54, 1.807) is 0 Å². The third kappa shape index (κ3) is 4.90. The first kappa shape index (κ1) is 24.2. The van der Waals surface area contributed by atoms with Gasteiger partial charge in [0.2, 0.25) is 0 Å². The number of rotatable bonds is 8. The van der Waals surface area contributed by atoms with Gasteiger partial charge in [0.1, 0.15) is 6.67 Å². The Labute approximate surface area is 229 Å². The van der Waals surface area contributed by atoms with E-state index in [0.717, 1.165) is 28.2 Å². The van der Waals surface area contributed by atoms with Gasteiger partial charge in [-0.1, -0.05) is 104 Å². The van der Waals surface area contributed by atoms with Gasteiger partial charge < -0.3 is 9.47 Å². The lowest BCUT2D eigenvalue weighted by Crippen LogP contribution is -2.09. The summed E-state index contributed by atoms with van der Waals surface area (Å²) in [6.45, 7) is 4.48. The molecule has 6 aromatic rings. The molecule has 6 rings (SSSR count). The summed E-state index contributed by atoms with van der Waals surface area (Å²) in [5, 5.41) is 2.50. The van der Waals surface area contributed by atoms with Crippen LogP contribution >= 0.6 is 0 Å². The predicted molar refractivity (Wildman–Crippen MR) is 167 cm³/mol. The summed E-state index contributed by atoms with van der Waals surface area (Å²) < 4.78 is 2.27. The van der Waals surface area contributed by atoms with E-state index in [1.807, 2.05) is 30.5 Å². The van der Waals surface area contributed by atoms with Crippen LogP contribution in [0.15, 0.2) is 157 Å². The van der Waals surface area contributed by atoms with Gasteiger partial charge in [0.05, 0.1) is 11.0 Å². The molecule has 0 bridgehead atoms. The van der Waals surface area contributed by atoms with Gasteiger partial charge in [-0.3, -0.25) is 4.99 Å². The van der Waals surface area contributed by atoms with Crippen molar-refractivity contribution in [2.75, 3.05) is 4.90 Å². The maximum Gasteiger partial charge on any atom is 0.114 e. The number of para-hydroxylation sites is 4. The molecular weight excluding hydrogens is 474 g/mol. The van der Waals surface area contributed by atoms with Crippen molar-refractivity contribution in [1.29, 1.82) is 0 Å². The van der Waals surface area contributed by atoms with Crippen molar-refractivity contribution in [2.24, 2.45) is 4.99 Å². The Kier molecular flexibility index (Phi) is 6.87. The molecule has 3 heteroatoms. The molecule has 0 aliphatic rings. The summed E-state index contributed by atoms with van der Waals surface area (Å²) >= 11 is 0. The molecule has 0 aliphatic carbocycles. The Hall–Kier alpha value is -5.15. The van der Waals surface area contributed by atoms with Crippen LogP contribution in [0.5, 0.6) is 0 Å². The summed E-state index contributed by atoms with van der Waals surface area (Å²) in [5.41, 5.74) is 7.81. The molecule has 0 atom stereocenters. The van der Waals surface area contributed by atoms with Crippen molar-refractivity contribution >= 4 is 50.7 Å². The molecule has 3 nitrogen and oxygen atoms in total. The largest absolute Gasteiger partial charge is 0.320 e. The first-order valence-electron chi connectivity index (χ1n) is 13.1. The number of hydrogen-bond acceptors (Lipinski definition) is 2. The SMILES string of the molecule is C=C/C=C(\C=N/Cn1c2ccccc2c2ccccc21)c1ccc(N(c2ccccc2)c2ccccc2)cc1. The third-order valence-electron chi connectivity index (χ3n) is 6.92. The van der Waals surface area contributed by atoms with Gasteiger partial charge in [0.15, 0.2) is 0 Å². The summed E-state index contributed by atoms with van der Waals surface area (Å²) in [6.07, 6.45) is 5.78. The Morgan fingerprint density at radius 3 is 1.64 bits per heavy atom. The normalized spacial score (nSPS) is 11.8. The fraction of sp³-hybridized carbons (Fsp3) is 0.0278. The highest BCUT2D eigenvalue weighted by atomic mass is 15.1. The summed E-state index contributed by atoms with van der Waals surface area (Å²) in [4.78, 5) is 7.13. The fourth-order valence-electron chi connectivity index (χ4n) is 5.12. The number of fused-ring (bicyclic) bond motifs is 3. The van der Waals surface area contributed by atoms with Crippen LogP contribution in [0.25, 0.3) is 27.4 Å². The monoisotopic (exact) mass is 503 g/mol. The van der Waals surface area contributed by atoms with Crippen molar-refractivity contribution in [1.82, 2.24) is 4.57 Å². The standard InChI is InChI=1S/C36H29N3/c1-2-13-29(26-37-27-38-35-20-11-9-18-33(35)34-19-10-12-21-36(34)38)28-22-24-32(25-23-28)39(30-14-5-3-6-15-30)31-16-7-4-8-17-31/h2-26H,1,27H2/b29-13+,37-26-. The second-order valence-corrected chi connectivity index (χ2v) is 9.33. The van der Waals surface area contributed by atoms with Gasteiger partial charge in [-0.15, -0.1) is 0 Å². The number of benzene rings is 5. The maximum atomic E-state index is 4.87. The van der Waals surface area contributed by atoms with E-state index in [9.17, 15) is 0 Å². The molecule has 0 aliphatic heterocycles. The minimum atomic E-state index is 0.538. The van der Waals surface area contributed by atoms with Crippen LogP contribution in [-0.2, 0) is 6.67 Å². The van der Waals surface area contributed by atoms with Gasteiger partial charge in [0, 0.05) is 34.0 Å². The number of aliphatic imine (C=N–C) groups is 1.